The summed E-state index contributed by atoms with van der Waals surface area (Å²) in [7, 11) is 1.18. The smallest absolute Gasteiger partial charge is 0.493 e. The molecule has 14 heavy (non-hydrogen) atoms. The summed E-state index contributed by atoms with van der Waals surface area (Å²) in [5.41, 5.74) is 0. The molecule has 1 radical (unpaired) electrons. The minimum atomic E-state index is -4.83. The predicted molar refractivity (Wildman–Crippen MR) is 39.8 cm³/mol. The van der Waals surface area contributed by atoms with Crippen LogP contribution in [0, 0.1) is 0 Å². The number of methoxy groups -OCH3 is 1. The van der Waals surface area contributed by atoms with E-state index in [1.54, 1.807) is 0 Å². The van der Waals surface area contributed by atoms with Gasteiger partial charge in [-0.15, -0.1) is 13.2 Å². The summed E-state index contributed by atoms with van der Waals surface area (Å²) < 4.78 is 43.6. The standard InChI is InChI=1S/C8H6F3O3/c1-13-6-3-2-5(12)4-7(6)14-8(9,10)11/h2-4H,1H3. The quantitative estimate of drug-likeness (QED) is 0.747. The molecule has 0 unspecified atom stereocenters. The van der Waals surface area contributed by atoms with Crippen LogP contribution in [0.2, 0.25) is 0 Å². The molecule has 0 atom stereocenters. The van der Waals surface area contributed by atoms with Crippen LogP contribution in [0.1, 0.15) is 0 Å². The molecule has 0 bridgehead atoms. The molecular weight excluding hydrogens is 201 g/mol. The first kappa shape index (κ1) is 10.5. The lowest BCUT2D eigenvalue weighted by molar-refractivity contribution is -0.275. The molecule has 0 saturated heterocycles. The second-order valence-corrected chi connectivity index (χ2v) is 2.36. The van der Waals surface area contributed by atoms with Crippen LogP contribution < -0.4 is 9.47 Å². The molecule has 1 aromatic rings. The fourth-order valence-electron chi connectivity index (χ4n) is 0.861. The Labute approximate surface area is 77.7 Å². The number of rotatable bonds is 2. The van der Waals surface area contributed by atoms with Crippen molar-refractivity contribution in [2.24, 2.45) is 0 Å². The number of ether oxygens (including phenoxy) is 2. The van der Waals surface area contributed by atoms with E-state index >= 15 is 0 Å². The largest absolute Gasteiger partial charge is 0.573 e. The molecule has 0 aliphatic heterocycles. The lowest BCUT2D eigenvalue weighted by Gasteiger charge is -2.11. The van der Waals surface area contributed by atoms with Crippen LogP contribution in [-0.2, 0) is 5.11 Å². The van der Waals surface area contributed by atoms with Gasteiger partial charge in [0.1, 0.15) is 0 Å². The summed E-state index contributed by atoms with van der Waals surface area (Å²) in [5, 5.41) is 10.7. The van der Waals surface area contributed by atoms with E-state index in [0.717, 1.165) is 12.1 Å². The molecule has 0 spiro atoms. The summed E-state index contributed by atoms with van der Waals surface area (Å²) in [6.07, 6.45) is -4.83. The van der Waals surface area contributed by atoms with E-state index in [9.17, 15) is 18.3 Å². The highest BCUT2D eigenvalue weighted by Gasteiger charge is 2.32. The van der Waals surface area contributed by atoms with Gasteiger partial charge < -0.3 is 9.47 Å². The van der Waals surface area contributed by atoms with Gasteiger partial charge in [-0.2, -0.15) is 0 Å². The van der Waals surface area contributed by atoms with E-state index in [1.807, 2.05) is 0 Å². The van der Waals surface area contributed by atoms with Crippen LogP contribution in [0.5, 0.6) is 17.2 Å². The van der Waals surface area contributed by atoms with Crippen LogP contribution in [0.4, 0.5) is 13.2 Å². The Morgan fingerprint density at radius 3 is 2.36 bits per heavy atom. The van der Waals surface area contributed by atoms with E-state index in [4.69, 9.17) is 0 Å². The van der Waals surface area contributed by atoms with Gasteiger partial charge in [0.05, 0.1) is 7.11 Å². The van der Waals surface area contributed by atoms with E-state index in [1.165, 1.54) is 7.11 Å². The molecule has 1 rings (SSSR count). The van der Waals surface area contributed by atoms with E-state index in [-0.39, 0.29) is 5.75 Å². The van der Waals surface area contributed by atoms with E-state index in [0.29, 0.717) is 6.07 Å². The number of hydrogen-bond acceptors (Lipinski definition) is 2. The Hall–Kier alpha value is -1.59. The summed E-state index contributed by atoms with van der Waals surface area (Å²) >= 11 is 0. The highest BCUT2D eigenvalue weighted by Crippen LogP contribution is 2.34. The molecule has 0 N–H and O–H groups in total. The lowest BCUT2D eigenvalue weighted by Crippen LogP contribution is -2.17. The average Bonchev–Trinajstić information content (AvgIpc) is 2.01. The molecule has 77 valence electrons. The third-order valence-corrected chi connectivity index (χ3v) is 1.36. The molecule has 1 aromatic carbocycles. The van der Waals surface area contributed by atoms with Crippen molar-refractivity contribution in [2.45, 2.75) is 6.36 Å². The van der Waals surface area contributed by atoms with E-state index in [2.05, 4.69) is 9.47 Å². The van der Waals surface area contributed by atoms with Gasteiger partial charge in [0, 0.05) is 6.07 Å². The molecule has 0 amide bonds. The van der Waals surface area contributed by atoms with Gasteiger partial charge in [-0.25, -0.2) is 0 Å². The van der Waals surface area contributed by atoms with Gasteiger partial charge >= 0.3 is 6.36 Å². The van der Waals surface area contributed by atoms with Crippen LogP contribution in [0.15, 0.2) is 18.2 Å². The normalized spacial score (nSPS) is 11.1. The van der Waals surface area contributed by atoms with Crippen molar-refractivity contribution in [1.82, 2.24) is 0 Å². The highest BCUT2D eigenvalue weighted by molar-refractivity contribution is 5.44. The Bertz CT molecular complexity index is 322. The molecule has 6 heteroatoms. The first-order chi connectivity index (χ1) is 6.42. The first-order valence-corrected chi connectivity index (χ1v) is 3.53. The molecule has 0 aliphatic rings. The van der Waals surface area contributed by atoms with Crippen molar-refractivity contribution in [3.05, 3.63) is 18.2 Å². The molecule has 0 saturated carbocycles. The zero-order valence-electron chi connectivity index (χ0n) is 7.09. The van der Waals surface area contributed by atoms with Crippen LogP contribution >= 0.6 is 0 Å². The Kier molecular flexibility index (Phi) is 2.73. The van der Waals surface area contributed by atoms with Crippen LogP contribution in [0.3, 0.4) is 0 Å². The third-order valence-electron chi connectivity index (χ3n) is 1.36. The SMILES string of the molecule is COc1ccc([O])cc1OC(F)(F)F. The zero-order valence-corrected chi connectivity index (χ0v) is 7.09. The topological polar surface area (TPSA) is 38.4 Å². The van der Waals surface area contributed by atoms with E-state index < -0.39 is 17.9 Å². The predicted octanol–water partition coefficient (Wildman–Crippen LogP) is 2.74. The average molecular weight is 207 g/mol. The number of alkyl halides is 3. The van der Waals surface area contributed by atoms with Crippen LogP contribution in [0.25, 0.3) is 0 Å². The van der Waals surface area contributed by atoms with Crippen LogP contribution in [-0.4, -0.2) is 13.5 Å². The Morgan fingerprint density at radius 1 is 1.21 bits per heavy atom. The van der Waals surface area contributed by atoms with Crippen molar-refractivity contribution in [1.29, 1.82) is 0 Å². The van der Waals surface area contributed by atoms with Crippen molar-refractivity contribution in [3.63, 3.8) is 0 Å². The van der Waals surface area contributed by atoms with Gasteiger partial charge in [0.15, 0.2) is 17.2 Å². The third kappa shape index (κ3) is 2.72. The van der Waals surface area contributed by atoms with Crippen molar-refractivity contribution >= 4 is 0 Å². The molecular formula is C8H6F3O3. The zero-order chi connectivity index (χ0) is 10.8. The second-order valence-electron chi connectivity index (χ2n) is 2.36. The Balaban J connectivity index is 2.99. The number of hydrogen-bond donors (Lipinski definition) is 0. The maximum atomic E-state index is 11.8. The maximum absolute atomic E-state index is 11.8. The van der Waals surface area contributed by atoms with Gasteiger partial charge in [0.25, 0.3) is 0 Å². The monoisotopic (exact) mass is 207 g/mol. The van der Waals surface area contributed by atoms with Crippen molar-refractivity contribution < 1.29 is 27.8 Å². The minimum Gasteiger partial charge on any atom is -0.493 e. The molecule has 0 heterocycles. The molecule has 0 aromatic heterocycles. The Morgan fingerprint density at radius 2 is 1.86 bits per heavy atom. The molecule has 0 aliphatic carbocycles. The van der Waals surface area contributed by atoms with Gasteiger partial charge in [-0.05, 0) is 12.1 Å². The fraction of sp³-hybridized carbons (Fsp3) is 0.250. The number of halogens is 3. The molecule has 0 fully saturated rings. The summed E-state index contributed by atoms with van der Waals surface area (Å²) in [6.45, 7) is 0. The summed E-state index contributed by atoms with van der Waals surface area (Å²) in [6, 6.07) is 2.91. The molecule has 3 nitrogen and oxygen atoms in total. The first-order valence-electron chi connectivity index (χ1n) is 3.53. The van der Waals surface area contributed by atoms with Crippen molar-refractivity contribution in [3.8, 4) is 17.2 Å². The summed E-state index contributed by atoms with van der Waals surface area (Å²) in [5.74, 6) is -1.35. The lowest BCUT2D eigenvalue weighted by atomic mass is 10.3. The van der Waals surface area contributed by atoms with Gasteiger partial charge in [0.2, 0.25) is 0 Å². The second kappa shape index (κ2) is 3.65. The maximum Gasteiger partial charge on any atom is 0.573 e. The van der Waals surface area contributed by atoms with Gasteiger partial charge in [-0.3, -0.25) is 5.11 Å². The van der Waals surface area contributed by atoms with Gasteiger partial charge in [-0.1, -0.05) is 0 Å². The minimum absolute atomic E-state index is 0.137. The number of benzene rings is 1. The summed E-state index contributed by atoms with van der Waals surface area (Å²) in [4.78, 5) is 0. The highest BCUT2D eigenvalue weighted by atomic mass is 19.4. The fourth-order valence-corrected chi connectivity index (χ4v) is 0.861. The van der Waals surface area contributed by atoms with Crippen molar-refractivity contribution in [2.75, 3.05) is 7.11 Å².